The standard InChI is InChI=1S/C22H19F2NO5/c23-22(24)10-18(21(28)29)25(12-22)19(26)9-20(27)30-11-17-15-7-3-1-5-13(15)14-6-2-4-8-16(14)17/h1-8,17-18H,9-12H2,(H,28,29)/t18-/m1/s1. The van der Waals surface area contributed by atoms with Crippen molar-refractivity contribution >= 4 is 17.8 Å². The van der Waals surface area contributed by atoms with Crippen molar-refractivity contribution in [3.05, 3.63) is 59.7 Å². The van der Waals surface area contributed by atoms with E-state index in [-0.39, 0.29) is 12.5 Å². The van der Waals surface area contributed by atoms with E-state index < -0.39 is 49.2 Å². The van der Waals surface area contributed by atoms with Crippen LogP contribution in [-0.4, -0.2) is 53.0 Å². The van der Waals surface area contributed by atoms with Gasteiger partial charge in [0.25, 0.3) is 5.92 Å². The largest absolute Gasteiger partial charge is 0.480 e. The third-order valence-corrected chi connectivity index (χ3v) is 5.54. The Morgan fingerprint density at radius 2 is 1.60 bits per heavy atom. The number of fused-ring (bicyclic) bond motifs is 3. The molecule has 4 rings (SSSR count). The average Bonchev–Trinajstić information content (AvgIpc) is 3.21. The zero-order valence-corrected chi connectivity index (χ0v) is 15.9. The Kier molecular flexibility index (Phi) is 5.01. The van der Waals surface area contributed by atoms with Gasteiger partial charge >= 0.3 is 11.9 Å². The number of amides is 1. The molecule has 1 amide bonds. The molecule has 0 radical (unpaired) electrons. The molecule has 8 heteroatoms. The SMILES string of the molecule is O=C(CC(=O)N1CC(F)(F)C[C@@H]1C(=O)O)OCC1c2ccccc2-c2ccccc21. The van der Waals surface area contributed by atoms with Gasteiger partial charge in [-0.1, -0.05) is 48.5 Å². The maximum Gasteiger partial charge on any atom is 0.326 e. The van der Waals surface area contributed by atoms with Crippen LogP contribution in [0.2, 0.25) is 0 Å². The van der Waals surface area contributed by atoms with E-state index in [1.165, 1.54) is 0 Å². The number of benzene rings is 2. The highest BCUT2D eigenvalue weighted by molar-refractivity contribution is 5.96. The first-order valence-corrected chi connectivity index (χ1v) is 9.51. The molecule has 1 aliphatic carbocycles. The molecule has 1 saturated heterocycles. The average molecular weight is 415 g/mol. The topological polar surface area (TPSA) is 83.9 Å². The normalized spacial score (nSPS) is 19.3. The molecule has 1 heterocycles. The summed E-state index contributed by atoms with van der Waals surface area (Å²) >= 11 is 0. The smallest absolute Gasteiger partial charge is 0.326 e. The summed E-state index contributed by atoms with van der Waals surface area (Å²) in [6.07, 6.45) is -1.74. The van der Waals surface area contributed by atoms with E-state index in [0.29, 0.717) is 4.90 Å². The van der Waals surface area contributed by atoms with E-state index in [1.54, 1.807) is 0 Å². The van der Waals surface area contributed by atoms with Gasteiger partial charge in [-0.05, 0) is 22.3 Å². The molecule has 0 unspecified atom stereocenters. The predicted octanol–water partition coefficient (Wildman–Crippen LogP) is 3.05. The lowest BCUT2D eigenvalue weighted by molar-refractivity contribution is -0.154. The molecule has 2 aromatic rings. The van der Waals surface area contributed by atoms with Gasteiger partial charge in [0.05, 0.1) is 6.54 Å². The van der Waals surface area contributed by atoms with E-state index >= 15 is 0 Å². The van der Waals surface area contributed by atoms with E-state index in [4.69, 9.17) is 9.84 Å². The van der Waals surface area contributed by atoms with E-state index in [0.717, 1.165) is 22.3 Å². The summed E-state index contributed by atoms with van der Waals surface area (Å²) in [7, 11) is 0. The van der Waals surface area contributed by atoms with Gasteiger partial charge in [0.15, 0.2) is 0 Å². The van der Waals surface area contributed by atoms with Crippen LogP contribution in [-0.2, 0) is 19.1 Å². The fourth-order valence-corrected chi connectivity index (χ4v) is 4.19. The number of carbonyl (C=O) groups is 3. The quantitative estimate of drug-likeness (QED) is 0.600. The van der Waals surface area contributed by atoms with Crippen molar-refractivity contribution in [2.45, 2.75) is 30.7 Å². The van der Waals surface area contributed by atoms with Crippen molar-refractivity contribution in [2.75, 3.05) is 13.2 Å². The molecule has 1 atom stereocenters. The minimum absolute atomic E-state index is 0.00133. The molecule has 1 fully saturated rings. The molecule has 2 aliphatic rings. The van der Waals surface area contributed by atoms with Crippen LogP contribution in [0.15, 0.2) is 48.5 Å². The van der Waals surface area contributed by atoms with E-state index in [9.17, 15) is 23.2 Å². The fourth-order valence-electron chi connectivity index (χ4n) is 4.19. The summed E-state index contributed by atoms with van der Waals surface area (Å²) in [5.74, 6) is -6.86. The van der Waals surface area contributed by atoms with Gasteiger partial charge in [-0.25, -0.2) is 13.6 Å². The van der Waals surface area contributed by atoms with Gasteiger partial charge in [-0.2, -0.15) is 0 Å². The summed E-state index contributed by atoms with van der Waals surface area (Å²) in [6, 6.07) is 13.9. The molecule has 6 nitrogen and oxygen atoms in total. The molecule has 30 heavy (non-hydrogen) atoms. The number of esters is 1. The molecule has 1 N–H and O–H groups in total. The van der Waals surface area contributed by atoms with Crippen LogP contribution < -0.4 is 0 Å². The summed E-state index contributed by atoms with van der Waals surface area (Å²) in [5, 5.41) is 9.09. The van der Waals surface area contributed by atoms with Crippen molar-refractivity contribution in [3.63, 3.8) is 0 Å². The van der Waals surface area contributed by atoms with Crippen LogP contribution in [0.4, 0.5) is 8.78 Å². The van der Waals surface area contributed by atoms with Crippen molar-refractivity contribution in [3.8, 4) is 11.1 Å². The second-order valence-corrected chi connectivity index (χ2v) is 7.52. The Hall–Kier alpha value is -3.29. The summed E-state index contributed by atoms with van der Waals surface area (Å²) < 4.78 is 32.4. The molecular weight excluding hydrogens is 396 g/mol. The van der Waals surface area contributed by atoms with Gasteiger partial charge in [0.2, 0.25) is 5.91 Å². The fraction of sp³-hybridized carbons (Fsp3) is 0.318. The zero-order valence-electron chi connectivity index (χ0n) is 15.9. The Morgan fingerprint density at radius 1 is 1.03 bits per heavy atom. The molecule has 0 aromatic heterocycles. The van der Waals surface area contributed by atoms with Crippen molar-refractivity contribution in [1.82, 2.24) is 4.90 Å². The molecule has 0 spiro atoms. The molecular formula is C22H19F2NO5. The van der Waals surface area contributed by atoms with E-state index in [1.807, 2.05) is 48.5 Å². The van der Waals surface area contributed by atoms with Gasteiger partial charge < -0.3 is 14.7 Å². The number of carboxylic acids is 1. The number of hydrogen-bond donors (Lipinski definition) is 1. The Morgan fingerprint density at radius 3 is 2.17 bits per heavy atom. The van der Waals surface area contributed by atoms with Crippen LogP contribution in [0.25, 0.3) is 11.1 Å². The van der Waals surface area contributed by atoms with Gasteiger partial charge in [0.1, 0.15) is 19.1 Å². The molecule has 0 saturated carbocycles. The third-order valence-electron chi connectivity index (χ3n) is 5.54. The monoisotopic (exact) mass is 415 g/mol. The predicted molar refractivity (Wildman–Crippen MR) is 102 cm³/mol. The second kappa shape index (κ2) is 7.51. The lowest BCUT2D eigenvalue weighted by atomic mass is 9.98. The summed E-state index contributed by atoms with van der Waals surface area (Å²) in [5.41, 5.74) is 4.11. The number of alkyl halides is 2. The highest BCUT2D eigenvalue weighted by Gasteiger charge is 2.50. The van der Waals surface area contributed by atoms with Crippen LogP contribution in [0.5, 0.6) is 0 Å². The zero-order chi connectivity index (χ0) is 21.5. The van der Waals surface area contributed by atoms with Crippen LogP contribution >= 0.6 is 0 Å². The lowest BCUT2D eigenvalue weighted by Gasteiger charge is -2.20. The number of rotatable bonds is 5. The van der Waals surface area contributed by atoms with Crippen molar-refractivity contribution in [2.24, 2.45) is 0 Å². The minimum atomic E-state index is -3.29. The first kappa shape index (κ1) is 20.0. The third kappa shape index (κ3) is 3.65. The lowest BCUT2D eigenvalue weighted by Crippen LogP contribution is -2.41. The summed E-state index contributed by atoms with van der Waals surface area (Å²) in [4.78, 5) is 36.2. The number of carboxylic acid groups (broad SMARTS) is 1. The molecule has 1 aliphatic heterocycles. The van der Waals surface area contributed by atoms with Gasteiger partial charge in [-0.3, -0.25) is 9.59 Å². The first-order valence-electron chi connectivity index (χ1n) is 9.51. The van der Waals surface area contributed by atoms with Crippen LogP contribution in [0, 0.1) is 0 Å². The second-order valence-electron chi connectivity index (χ2n) is 7.52. The van der Waals surface area contributed by atoms with Gasteiger partial charge in [-0.15, -0.1) is 0 Å². The number of halogens is 2. The van der Waals surface area contributed by atoms with Crippen LogP contribution in [0.3, 0.4) is 0 Å². The number of ether oxygens (including phenoxy) is 1. The Bertz CT molecular complexity index is 977. The molecule has 156 valence electrons. The van der Waals surface area contributed by atoms with Crippen LogP contribution in [0.1, 0.15) is 29.9 Å². The number of nitrogens with zero attached hydrogens (tertiary/aromatic N) is 1. The van der Waals surface area contributed by atoms with Gasteiger partial charge in [0, 0.05) is 12.3 Å². The number of hydrogen-bond acceptors (Lipinski definition) is 4. The summed E-state index contributed by atoms with van der Waals surface area (Å²) in [6.45, 7) is -1.02. The molecule has 2 aromatic carbocycles. The number of carbonyl (C=O) groups excluding carboxylic acids is 2. The number of likely N-dealkylation sites (tertiary alicyclic amines) is 1. The highest BCUT2D eigenvalue weighted by Crippen LogP contribution is 2.44. The van der Waals surface area contributed by atoms with E-state index in [2.05, 4.69) is 0 Å². The maximum absolute atomic E-state index is 13.6. The highest BCUT2D eigenvalue weighted by atomic mass is 19.3. The molecule has 0 bridgehead atoms. The minimum Gasteiger partial charge on any atom is -0.480 e. The van der Waals surface area contributed by atoms with Crippen molar-refractivity contribution < 1.29 is 33.0 Å². The first-order chi connectivity index (χ1) is 14.3. The Balaban J connectivity index is 1.42. The number of aliphatic carboxylic acids is 1. The van der Waals surface area contributed by atoms with Crippen molar-refractivity contribution in [1.29, 1.82) is 0 Å². The maximum atomic E-state index is 13.6. The Labute approximate surface area is 171 Å².